The van der Waals surface area contributed by atoms with Crippen LogP contribution in [0.2, 0.25) is 0 Å². The smallest absolute Gasteiger partial charge is 0.237 e. The highest BCUT2D eigenvalue weighted by molar-refractivity contribution is 7.80. The van der Waals surface area contributed by atoms with Gasteiger partial charge in [-0.05, 0) is 31.0 Å². The van der Waals surface area contributed by atoms with E-state index in [1.807, 2.05) is 0 Å². The number of thiol groups is 1. The lowest BCUT2D eigenvalue weighted by atomic mass is 9.99. The van der Waals surface area contributed by atoms with E-state index in [0.717, 1.165) is 5.56 Å². The molecule has 24 heavy (non-hydrogen) atoms. The number of hydrogen-bond donors (Lipinski definition) is 5. The second-order valence-electron chi connectivity index (χ2n) is 5.66. The monoisotopic (exact) mass is 353 g/mol. The number of benzene rings is 1. The number of phenolic OH excluding ortho intramolecular Hbond substituents is 1. The molecular formula is C16H23N3O4S. The van der Waals surface area contributed by atoms with Crippen molar-refractivity contribution in [2.75, 3.05) is 5.75 Å². The molecule has 6 N–H and O–H groups in total. The van der Waals surface area contributed by atoms with Crippen LogP contribution in [0.5, 0.6) is 5.75 Å². The van der Waals surface area contributed by atoms with Crippen LogP contribution in [0.15, 0.2) is 24.3 Å². The number of Topliss-reactive ketones (excluding diaryl/α,β-unsaturated/α-hetero) is 1. The molecule has 0 saturated heterocycles. The van der Waals surface area contributed by atoms with Gasteiger partial charge in [-0.25, -0.2) is 0 Å². The van der Waals surface area contributed by atoms with Crippen LogP contribution in [0.25, 0.3) is 0 Å². The molecule has 3 atom stereocenters. The van der Waals surface area contributed by atoms with Crippen LogP contribution in [0, 0.1) is 5.92 Å². The molecule has 0 aromatic heterocycles. The predicted octanol–water partition coefficient (Wildman–Crippen LogP) is -0.243. The number of amides is 2. The Morgan fingerprint density at radius 3 is 2.33 bits per heavy atom. The van der Waals surface area contributed by atoms with Gasteiger partial charge in [-0.2, -0.15) is 12.6 Å². The minimum Gasteiger partial charge on any atom is -0.508 e. The second-order valence-corrected chi connectivity index (χ2v) is 6.02. The molecule has 0 spiro atoms. The van der Waals surface area contributed by atoms with E-state index < -0.39 is 29.8 Å². The quantitative estimate of drug-likeness (QED) is 0.390. The highest BCUT2D eigenvalue weighted by Gasteiger charge is 2.24. The zero-order valence-corrected chi connectivity index (χ0v) is 14.3. The highest BCUT2D eigenvalue weighted by atomic mass is 32.1. The van der Waals surface area contributed by atoms with Crippen molar-refractivity contribution in [3.8, 4) is 5.75 Å². The summed E-state index contributed by atoms with van der Waals surface area (Å²) < 4.78 is 0. The third-order valence-corrected chi connectivity index (χ3v) is 4.08. The summed E-state index contributed by atoms with van der Waals surface area (Å²) in [6.07, 6.45) is 0.195. The van der Waals surface area contributed by atoms with E-state index in [1.165, 1.54) is 19.1 Å². The number of ketones is 1. The molecular weight excluding hydrogens is 330 g/mol. The van der Waals surface area contributed by atoms with Crippen LogP contribution in [-0.2, 0) is 20.8 Å². The van der Waals surface area contributed by atoms with Crippen molar-refractivity contribution < 1.29 is 19.5 Å². The maximum atomic E-state index is 12.1. The first-order valence-electron chi connectivity index (χ1n) is 7.51. The fourth-order valence-electron chi connectivity index (χ4n) is 2.05. The first kappa shape index (κ1) is 20.0. The van der Waals surface area contributed by atoms with E-state index in [1.54, 1.807) is 12.1 Å². The Hall–Kier alpha value is -2.06. The number of nitrogens with two attached hydrogens (primary N) is 2. The van der Waals surface area contributed by atoms with Gasteiger partial charge in [0.1, 0.15) is 5.75 Å². The van der Waals surface area contributed by atoms with Gasteiger partial charge >= 0.3 is 0 Å². The summed E-state index contributed by atoms with van der Waals surface area (Å²) in [5.74, 6) is -1.73. The Morgan fingerprint density at radius 2 is 1.83 bits per heavy atom. The summed E-state index contributed by atoms with van der Waals surface area (Å²) >= 11 is 3.99. The van der Waals surface area contributed by atoms with Crippen molar-refractivity contribution in [3.05, 3.63) is 29.8 Å². The molecule has 0 aliphatic rings. The zero-order chi connectivity index (χ0) is 18.3. The van der Waals surface area contributed by atoms with E-state index in [0.29, 0.717) is 0 Å². The van der Waals surface area contributed by atoms with Crippen LogP contribution in [0.4, 0.5) is 0 Å². The number of aromatic hydroxyl groups is 1. The number of carbonyl (C=O) groups is 3. The predicted molar refractivity (Wildman–Crippen MR) is 93.6 cm³/mol. The number of primary amides is 1. The van der Waals surface area contributed by atoms with Gasteiger partial charge in [-0.1, -0.05) is 12.1 Å². The molecule has 0 aliphatic carbocycles. The molecule has 1 aromatic carbocycles. The zero-order valence-electron chi connectivity index (χ0n) is 13.4. The number of phenols is 1. The number of rotatable bonds is 9. The van der Waals surface area contributed by atoms with Gasteiger partial charge < -0.3 is 21.9 Å². The first-order valence-corrected chi connectivity index (χ1v) is 8.14. The van der Waals surface area contributed by atoms with Gasteiger partial charge in [0.05, 0.1) is 18.0 Å². The fourth-order valence-corrected chi connectivity index (χ4v) is 2.36. The number of nitrogens with one attached hydrogen (secondary N) is 1. The molecule has 2 amide bonds. The highest BCUT2D eigenvalue weighted by Crippen LogP contribution is 2.11. The Kier molecular flexibility index (Phi) is 7.73. The molecule has 1 rings (SSSR count). The van der Waals surface area contributed by atoms with Crippen LogP contribution >= 0.6 is 12.6 Å². The van der Waals surface area contributed by atoms with Gasteiger partial charge in [-0.3, -0.25) is 14.4 Å². The first-order chi connectivity index (χ1) is 11.2. The molecule has 1 aromatic rings. The normalized spacial score (nSPS) is 14.5. The van der Waals surface area contributed by atoms with E-state index in [2.05, 4.69) is 17.9 Å². The lowest BCUT2D eigenvalue weighted by Crippen LogP contribution is -2.48. The SMILES string of the molecule is C[C@@H](NC(=O)[C@@H](N)Cc1ccc(O)cc1)C(=O)C[C@@H](CS)C(N)=O. The van der Waals surface area contributed by atoms with Crippen molar-refractivity contribution in [1.82, 2.24) is 5.32 Å². The van der Waals surface area contributed by atoms with Crippen LogP contribution in [0.1, 0.15) is 18.9 Å². The summed E-state index contributed by atoms with van der Waals surface area (Å²) in [7, 11) is 0. The van der Waals surface area contributed by atoms with Crippen molar-refractivity contribution in [3.63, 3.8) is 0 Å². The third kappa shape index (κ3) is 6.21. The Labute approximate surface area is 146 Å². The van der Waals surface area contributed by atoms with Gasteiger partial charge in [-0.15, -0.1) is 0 Å². The van der Waals surface area contributed by atoms with Gasteiger partial charge in [0, 0.05) is 12.2 Å². The Morgan fingerprint density at radius 1 is 1.25 bits per heavy atom. The average molecular weight is 353 g/mol. The third-order valence-electron chi connectivity index (χ3n) is 3.64. The van der Waals surface area contributed by atoms with Gasteiger partial charge in [0.25, 0.3) is 0 Å². The second kappa shape index (κ2) is 9.29. The summed E-state index contributed by atoms with van der Waals surface area (Å²) in [6.45, 7) is 1.53. The summed E-state index contributed by atoms with van der Waals surface area (Å²) in [5, 5.41) is 11.8. The minimum absolute atomic E-state index is 0.0759. The number of carbonyl (C=O) groups excluding carboxylic acids is 3. The standard InChI is InChI=1S/C16H23N3O4S/c1-9(14(21)7-11(8-24)15(18)22)19-16(23)13(17)6-10-2-4-12(20)5-3-10/h2-5,9,11,13,20,24H,6-8,17H2,1H3,(H2,18,22)(H,19,23)/t9-,11+,13+/m1/s1. The minimum atomic E-state index is -0.832. The molecule has 0 bridgehead atoms. The summed E-state index contributed by atoms with van der Waals surface area (Å²) in [4.78, 5) is 35.3. The molecule has 0 saturated carbocycles. The van der Waals surface area contributed by atoms with E-state index in [4.69, 9.17) is 11.5 Å². The molecule has 7 nitrogen and oxygen atoms in total. The van der Waals surface area contributed by atoms with E-state index >= 15 is 0 Å². The lowest BCUT2D eigenvalue weighted by molar-refractivity contribution is -0.130. The van der Waals surface area contributed by atoms with Crippen molar-refractivity contribution in [2.45, 2.75) is 31.8 Å². The summed E-state index contributed by atoms with van der Waals surface area (Å²) in [5.41, 5.74) is 11.8. The van der Waals surface area contributed by atoms with E-state index in [9.17, 15) is 19.5 Å². The number of hydrogen-bond acceptors (Lipinski definition) is 6. The average Bonchev–Trinajstić information content (AvgIpc) is 2.53. The topological polar surface area (TPSA) is 136 Å². The Bertz CT molecular complexity index is 591. The maximum absolute atomic E-state index is 12.1. The molecule has 0 aliphatic heterocycles. The van der Waals surface area contributed by atoms with Crippen LogP contribution in [0.3, 0.4) is 0 Å². The fraction of sp³-hybridized carbons (Fsp3) is 0.438. The van der Waals surface area contributed by atoms with Crippen LogP contribution < -0.4 is 16.8 Å². The maximum Gasteiger partial charge on any atom is 0.237 e. The molecule has 0 fully saturated rings. The molecule has 8 heteroatoms. The Balaban J connectivity index is 2.54. The van der Waals surface area contributed by atoms with Gasteiger partial charge in [0.15, 0.2) is 5.78 Å². The van der Waals surface area contributed by atoms with Crippen LogP contribution in [-0.4, -0.2) is 40.5 Å². The van der Waals surface area contributed by atoms with Crippen molar-refractivity contribution in [1.29, 1.82) is 0 Å². The molecule has 0 radical (unpaired) electrons. The molecule has 132 valence electrons. The molecule has 0 heterocycles. The largest absolute Gasteiger partial charge is 0.508 e. The molecule has 0 unspecified atom stereocenters. The van der Waals surface area contributed by atoms with Gasteiger partial charge in [0.2, 0.25) is 11.8 Å². The summed E-state index contributed by atoms with van der Waals surface area (Å²) in [6, 6.07) is 4.75. The van der Waals surface area contributed by atoms with Crippen molar-refractivity contribution >= 4 is 30.2 Å². The lowest BCUT2D eigenvalue weighted by Gasteiger charge is -2.18. The van der Waals surface area contributed by atoms with E-state index in [-0.39, 0.29) is 30.1 Å². The van der Waals surface area contributed by atoms with Crippen molar-refractivity contribution in [2.24, 2.45) is 17.4 Å².